The molecule has 1 spiro atoms. The van der Waals surface area contributed by atoms with E-state index in [1.54, 1.807) is 0 Å². The molecule has 1 amide bonds. The Morgan fingerprint density at radius 3 is 2.27 bits per heavy atom. The van der Waals surface area contributed by atoms with Gasteiger partial charge in [0.25, 0.3) is 0 Å². The molecule has 1 aliphatic carbocycles. The lowest BCUT2D eigenvalue weighted by atomic mass is 9.63. The molecule has 1 heterocycles. The number of hydrogen-bond acceptors (Lipinski definition) is 3. The lowest BCUT2D eigenvalue weighted by molar-refractivity contribution is -0.0582. The summed E-state index contributed by atoms with van der Waals surface area (Å²) in [6.45, 7) is 7.22. The fraction of sp³-hybridized carbons (Fsp3) is 0.667. The number of likely N-dealkylation sites (tertiary alicyclic amines) is 1. The summed E-state index contributed by atoms with van der Waals surface area (Å²) in [4.78, 5) is 14.1. The Bertz CT molecular complexity index is 649. The first-order chi connectivity index (χ1) is 12.1. The Labute approximate surface area is 165 Å². The van der Waals surface area contributed by atoms with Crippen molar-refractivity contribution in [1.29, 1.82) is 0 Å². The largest absolute Gasteiger partial charge is 0.444 e. The van der Waals surface area contributed by atoms with Gasteiger partial charge in [0, 0.05) is 17.6 Å². The number of aliphatic hydroxyl groups is 1. The molecular weight excluding hydrogens is 394 g/mol. The Balaban J connectivity index is 1.58. The molecule has 2 fully saturated rings. The van der Waals surface area contributed by atoms with Gasteiger partial charge in [0.05, 0.1) is 5.60 Å². The van der Waals surface area contributed by atoms with Crippen LogP contribution in [0.25, 0.3) is 0 Å². The van der Waals surface area contributed by atoms with Gasteiger partial charge in [-0.1, -0.05) is 28.1 Å². The molecule has 1 aromatic carbocycles. The molecule has 0 aromatic heterocycles. The first-order valence-corrected chi connectivity index (χ1v) is 10.4. The molecule has 1 saturated heterocycles. The van der Waals surface area contributed by atoms with Crippen LogP contribution in [0.3, 0.4) is 0 Å². The van der Waals surface area contributed by atoms with Crippen LogP contribution in [0.5, 0.6) is 0 Å². The maximum absolute atomic E-state index is 12.3. The number of rotatable bonds is 1. The molecule has 3 rings (SSSR count). The molecule has 5 heteroatoms. The maximum atomic E-state index is 12.3. The second-order valence-corrected chi connectivity index (χ2v) is 9.92. The zero-order chi connectivity index (χ0) is 19.0. The zero-order valence-corrected chi connectivity index (χ0v) is 17.6. The second-order valence-electron chi connectivity index (χ2n) is 9.01. The van der Waals surface area contributed by atoms with Crippen molar-refractivity contribution in [2.45, 2.75) is 70.5 Å². The summed E-state index contributed by atoms with van der Waals surface area (Å²) in [5, 5.41) is 11.1. The lowest BCUT2D eigenvalue weighted by Gasteiger charge is -2.48. The van der Waals surface area contributed by atoms with Crippen LogP contribution in [-0.2, 0) is 10.3 Å². The van der Waals surface area contributed by atoms with Crippen LogP contribution in [0.4, 0.5) is 4.79 Å². The van der Waals surface area contributed by atoms with Crippen molar-refractivity contribution in [1.82, 2.24) is 4.90 Å². The smallest absolute Gasteiger partial charge is 0.410 e. The number of halogens is 1. The molecule has 1 saturated carbocycles. The van der Waals surface area contributed by atoms with E-state index in [0.717, 1.165) is 61.7 Å². The topological polar surface area (TPSA) is 49.8 Å². The Kier molecular flexibility index (Phi) is 5.42. The van der Waals surface area contributed by atoms with Crippen LogP contribution in [0, 0.1) is 5.41 Å². The monoisotopic (exact) mass is 423 g/mol. The number of hydrogen-bond donors (Lipinski definition) is 1. The highest BCUT2D eigenvalue weighted by Crippen LogP contribution is 2.50. The Morgan fingerprint density at radius 1 is 1.12 bits per heavy atom. The van der Waals surface area contributed by atoms with Crippen LogP contribution >= 0.6 is 15.9 Å². The molecule has 0 radical (unpaired) electrons. The van der Waals surface area contributed by atoms with E-state index in [2.05, 4.69) is 15.9 Å². The molecule has 1 aliphatic heterocycles. The molecule has 144 valence electrons. The van der Waals surface area contributed by atoms with Gasteiger partial charge in [0.1, 0.15) is 5.60 Å². The molecule has 1 aromatic rings. The van der Waals surface area contributed by atoms with Gasteiger partial charge in [-0.15, -0.1) is 0 Å². The quantitative estimate of drug-likeness (QED) is 0.672. The van der Waals surface area contributed by atoms with Gasteiger partial charge in [-0.2, -0.15) is 0 Å². The van der Waals surface area contributed by atoms with Crippen molar-refractivity contribution in [2.75, 3.05) is 13.1 Å². The molecule has 2 aliphatic rings. The van der Waals surface area contributed by atoms with E-state index in [9.17, 15) is 9.90 Å². The summed E-state index contributed by atoms with van der Waals surface area (Å²) in [5.41, 5.74) is 0.0962. The third-order valence-corrected chi connectivity index (χ3v) is 6.47. The Morgan fingerprint density at radius 2 is 1.73 bits per heavy atom. The first kappa shape index (κ1) is 19.7. The fourth-order valence-corrected chi connectivity index (χ4v) is 4.65. The normalized spacial score (nSPS) is 22.3. The SMILES string of the molecule is CC(C)(C)OC(=O)N1CCC2(CC1)CCC(O)(c1cccc(Br)c1)CC2. The molecule has 0 bridgehead atoms. The van der Waals surface area contributed by atoms with Gasteiger partial charge in [-0.25, -0.2) is 4.79 Å². The van der Waals surface area contributed by atoms with Crippen LogP contribution in [0.15, 0.2) is 28.7 Å². The van der Waals surface area contributed by atoms with Gasteiger partial charge in [0.2, 0.25) is 0 Å². The maximum Gasteiger partial charge on any atom is 0.410 e. The zero-order valence-electron chi connectivity index (χ0n) is 16.1. The van der Waals surface area contributed by atoms with Crippen LogP contribution < -0.4 is 0 Å². The van der Waals surface area contributed by atoms with Crippen molar-refractivity contribution >= 4 is 22.0 Å². The predicted molar refractivity (Wildman–Crippen MR) is 106 cm³/mol. The summed E-state index contributed by atoms with van der Waals surface area (Å²) < 4.78 is 6.51. The number of piperidine rings is 1. The predicted octanol–water partition coefficient (Wildman–Crippen LogP) is 5.23. The fourth-order valence-electron chi connectivity index (χ4n) is 4.25. The van der Waals surface area contributed by atoms with E-state index < -0.39 is 11.2 Å². The molecule has 4 nitrogen and oxygen atoms in total. The molecular formula is C21H30BrNO3. The van der Waals surface area contributed by atoms with Gasteiger partial charge >= 0.3 is 6.09 Å². The van der Waals surface area contributed by atoms with E-state index in [4.69, 9.17) is 4.74 Å². The third kappa shape index (κ3) is 4.42. The van der Waals surface area contributed by atoms with Gasteiger partial charge in [-0.3, -0.25) is 0 Å². The summed E-state index contributed by atoms with van der Waals surface area (Å²) in [6, 6.07) is 8.03. The van der Waals surface area contributed by atoms with Gasteiger partial charge < -0.3 is 14.7 Å². The average molecular weight is 424 g/mol. The molecule has 0 atom stereocenters. The van der Waals surface area contributed by atoms with E-state index in [0.29, 0.717) is 0 Å². The minimum atomic E-state index is -0.725. The van der Waals surface area contributed by atoms with Gasteiger partial charge in [0.15, 0.2) is 0 Å². The summed E-state index contributed by atoms with van der Waals surface area (Å²) in [7, 11) is 0. The summed E-state index contributed by atoms with van der Waals surface area (Å²) >= 11 is 3.50. The van der Waals surface area contributed by atoms with E-state index in [1.165, 1.54) is 0 Å². The van der Waals surface area contributed by atoms with Crippen molar-refractivity contribution < 1.29 is 14.6 Å². The van der Waals surface area contributed by atoms with Crippen molar-refractivity contribution in [2.24, 2.45) is 5.41 Å². The number of nitrogens with zero attached hydrogens (tertiary/aromatic N) is 1. The van der Waals surface area contributed by atoms with Gasteiger partial charge in [-0.05, 0) is 82.4 Å². The minimum Gasteiger partial charge on any atom is -0.444 e. The van der Waals surface area contributed by atoms with Crippen molar-refractivity contribution in [3.8, 4) is 0 Å². The molecule has 1 N–H and O–H groups in total. The number of carbonyl (C=O) groups excluding carboxylic acids is 1. The number of amides is 1. The standard InChI is InChI=1S/C21H30BrNO3/c1-19(2,3)26-18(24)23-13-11-20(12-14-23)7-9-21(25,10-8-20)16-5-4-6-17(22)15-16/h4-6,15,25H,7-14H2,1-3H3. The first-order valence-electron chi connectivity index (χ1n) is 9.57. The number of benzene rings is 1. The number of ether oxygens (including phenoxy) is 1. The second kappa shape index (κ2) is 7.16. The van der Waals surface area contributed by atoms with Crippen molar-refractivity contribution in [3.63, 3.8) is 0 Å². The minimum absolute atomic E-state index is 0.200. The summed E-state index contributed by atoms with van der Waals surface area (Å²) in [5.74, 6) is 0. The lowest BCUT2D eigenvalue weighted by Crippen LogP contribution is -2.47. The highest BCUT2D eigenvalue weighted by molar-refractivity contribution is 9.10. The van der Waals surface area contributed by atoms with E-state index in [1.807, 2.05) is 49.9 Å². The van der Waals surface area contributed by atoms with E-state index in [-0.39, 0.29) is 11.5 Å². The van der Waals surface area contributed by atoms with E-state index >= 15 is 0 Å². The van der Waals surface area contributed by atoms with Crippen LogP contribution in [-0.4, -0.2) is 34.8 Å². The number of carbonyl (C=O) groups is 1. The van der Waals surface area contributed by atoms with Crippen LogP contribution in [0.2, 0.25) is 0 Å². The summed E-state index contributed by atoms with van der Waals surface area (Å²) in [6.07, 6.45) is 5.40. The highest BCUT2D eigenvalue weighted by Gasteiger charge is 2.44. The Hall–Kier alpha value is -1.07. The molecule has 26 heavy (non-hydrogen) atoms. The van der Waals surface area contributed by atoms with Crippen molar-refractivity contribution in [3.05, 3.63) is 34.3 Å². The highest BCUT2D eigenvalue weighted by atomic mass is 79.9. The third-order valence-electron chi connectivity index (χ3n) is 5.98. The van der Waals surface area contributed by atoms with Crippen LogP contribution in [0.1, 0.15) is 64.9 Å². The average Bonchev–Trinajstić information content (AvgIpc) is 2.57. The molecule has 0 unspecified atom stereocenters.